The summed E-state index contributed by atoms with van der Waals surface area (Å²) in [5.74, 6) is 0. The molecule has 1 unspecified atom stereocenters. The summed E-state index contributed by atoms with van der Waals surface area (Å²) in [6.45, 7) is 1.98. The Bertz CT molecular complexity index is 483. The molecule has 0 saturated heterocycles. The topological polar surface area (TPSA) is 24.4 Å². The van der Waals surface area contributed by atoms with Crippen LogP contribution in [0.25, 0.3) is 0 Å². The maximum Gasteiger partial charge on any atom is 0.417 e. The Hall–Kier alpha value is -1.23. The second kappa shape index (κ2) is 4.80. The van der Waals surface area contributed by atoms with Crippen LogP contribution in [0.1, 0.15) is 30.9 Å². The number of rotatable bonds is 1. The average molecular weight is 277 g/mol. The van der Waals surface area contributed by atoms with E-state index in [1.54, 1.807) is 6.07 Å². The highest BCUT2D eigenvalue weighted by Crippen LogP contribution is 2.35. The lowest BCUT2D eigenvalue weighted by Crippen LogP contribution is -2.28. The maximum atomic E-state index is 12.7. The lowest BCUT2D eigenvalue weighted by molar-refractivity contribution is -0.137. The van der Waals surface area contributed by atoms with Gasteiger partial charge in [-0.15, -0.1) is 0 Å². The van der Waals surface area contributed by atoms with E-state index < -0.39 is 11.7 Å². The Morgan fingerprint density at radius 1 is 1.39 bits per heavy atom. The number of nitrogens with one attached hydrogen (secondary N) is 1. The second-order valence-corrected chi connectivity index (χ2v) is 4.73. The van der Waals surface area contributed by atoms with Crippen LogP contribution in [-0.2, 0) is 6.18 Å². The summed E-state index contributed by atoms with van der Waals surface area (Å²) in [6.07, 6.45) is -2.93. The van der Waals surface area contributed by atoms with Crippen LogP contribution in [0.3, 0.4) is 0 Å². The molecule has 2 nitrogen and oxygen atoms in total. The summed E-state index contributed by atoms with van der Waals surface area (Å²) < 4.78 is 38.2. The third-order valence-electron chi connectivity index (χ3n) is 2.84. The van der Waals surface area contributed by atoms with Gasteiger partial charge in [0.2, 0.25) is 0 Å². The van der Waals surface area contributed by atoms with E-state index in [1.165, 1.54) is 6.07 Å². The zero-order valence-electron chi connectivity index (χ0n) is 9.68. The number of benzene rings is 1. The normalized spacial score (nSPS) is 20.3. The minimum Gasteiger partial charge on any atom is -0.307 e. The Morgan fingerprint density at radius 3 is 2.67 bits per heavy atom. The number of alkyl halides is 3. The van der Waals surface area contributed by atoms with Crippen molar-refractivity contribution in [2.45, 2.75) is 32.0 Å². The van der Waals surface area contributed by atoms with Crippen LogP contribution in [0.2, 0.25) is 5.02 Å². The van der Waals surface area contributed by atoms with Crippen molar-refractivity contribution in [2.24, 2.45) is 5.10 Å². The number of hydrazone groups is 1. The number of halogens is 4. The van der Waals surface area contributed by atoms with Gasteiger partial charge < -0.3 is 5.43 Å². The van der Waals surface area contributed by atoms with Gasteiger partial charge in [-0.25, -0.2) is 0 Å². The van der Waals surface area contributed by atoms with E-state index in [0.717, 1.165) is 12.5 Å². The Labute approximate surface area is 108 Å². The van der Waals surface area contributed by atoms with Crippen LogP contribution in [0.5, 0.6) is 0 Å². The minimum atomic E-state index is -4.44. The quantitative estimate of drug-likeness (QED) is 0.828. The first-order valence-corrected chi connectivity index (χ1v) is 5.95. The smallest absolute Gasteiger partial charge is 0.307 e. The van der Waals surface area contributed by atoms with Gasteiger partial charge in [-0.3, -0.25) is 0 Å². The first kappa shape index (κ1) is 13.2. The molecule has 1 heterocycles. The summed E-state index contributed by atoms with van der Waals surface area (Å²) in [6, 6.07) is 4.14. The number of nitrogens with zero attached hydrogens (tertiary/aromatic N) is 1. The molecule has 18 heavy (non-hydrogen) atoms. The van der Waals surface area contributed by atoms with Gasteiger partial charge in [0.15, 0.2) is 0 Å². The molecular formula is C12H12ClF3N2. The van der Waals surface area contributed by atoms with Gasteiger partial charge in [0.1, 0.15) is 0 Å². The fraction of sp³-hybridized carbons (Fsp3) is 0.417. The highest BCUT2D eigenvalue weighted by atomic mass is 35.5. The summed E-state index contributed by atoms with van der Waals surface area (Å²) in [4.78, 5) is 0. The van der Waals surface area contributed by atoms with Gasteiger partial charge in [0, 0.05) is 6.04 Å². The van der Waals surface area contributed by atoms with E-state index in [4.69, 9.17) is 11.6 Å². The van der Waals surface area contributed by atoms with Gasteiger partial charge in [-0.1, -0.05) is 17.7 Å². The highest BCUT2D eigenvalue weighted by molar-refractivity contribution is 6.31. The molecule has 1 aromatic rings. The van der Waals surface area contributed by atoms with Gasteiger partial charge in [-0.2, -0.15) is 18.3 Å². The maximum absolute atomic E-state index is 12.7. The third-order valence-corrected chi connectivity index (χ3v) is 3.17. The van der Waals surface area contributed by atoms with E-state index >= 15 is 0 Å². The molecule has 0 saturated carbocycles. The molecule has 1 atom stereocenters. The lowest BCUT2D eigenvalue weighted by Gasteiger charge is -2.20. The van der Waals surface area contributed by atoms with Gasteiger partial charge in [-0.05, 0) is 37.5 Å². The van der Waals surface area contributed by atoms with E-state index in [0.29, 0.717) is 17.7 Å². The van der Waals surface area contributed by atoms with Crippen LogP contribution in [0.4, 0.5) is 13.2 Å². The zero-order chi connectivity index (χ0) is 13.3. The highest BCUT2D eigenvalue weighted by Gasteiger charge is 2.33. The number of hydrogen-bond donors (Lipinski definition) is 1. The van der Waals surface area contributed by atoms with Crippen molar-refractivity contribution in [1.29, 1.82) is 0 Å². The summed E-state index contributed by atoms with van der Waals surface area (Å²) in [5.41, 5.74) is 3.16. The van der Waals surface area contributed by atoms with Crippen molar-refractivity contribution in [3.8, 4) is 0 Å². The standard InChI is InChI=1S/C12H12ClF3N2/c1-7-2-5-11(18-17-7)8-3-4-10(13)9(6-8)12(14,15)16/h3-4,6-7,17H,2,5H2,1H3. The summed E-state index contributed by atoms with van der Waals surface area (Å²) >= 11 is 5.57. The van der Waals surface area contributed by atoms with Crippen molar-refractivity contribution in [1.82, 2.24) is 5.43 Å². The second-order valence-electron chi connectivity index (χ2n) is 4.32. The minimum absolute atomic E-state index is 0.253. The number of hydrogen-bond acceptors (Lipinski definition) is 2. The third kappa shape index (κ3) is 2.77. The average Bonchev–Trinajstić information content (AvgIpc) is 2.29. The van der Waals surface area contributed by atoms with Gasteiger partial charge in [0.25, 0.3) is 0 Å². The fourth-order valence-corrected chi connectivity index (χ4v) is 2.02. The van der Waals surface area contributed by atoms with E-state index in [9.17, 15) is 13.2 Å². The van der Waals surface area contributed by atoms with Crippen molar-refractivity contribution in [2.75, 3.05) is 0 Å². The Kier molecular flexibility index (Phi) is 3.52. The zero-order valence-corrected chi connectivity index (χ0v) is 10.4. The van der Waals surface area contributed by atoms with Gasteiger partial charge >= 0.3 is 6.18 Å². The molecule has 0 radical (unpaired) electrons. The molecule has 0 aromatic heterocycles. The summed E-state index contributed by atoms with van der Waals surface area (Å²) in [5, 5.41) is 3.80. The predicted molar refractivity (Wildman–Crippen MR) is 64.8 cm³/mol. The van der Waals surface area contributed by atoms with Crippen LogP contribution in [0.15, 0.2) is 23.3 Å². The van der Waals surface area contributed by atoms with E-state index in [2.05, 4.69) is 10.5 Å². The van der Waals surface area contributed by atoms with Crippen LogP contribution in [0, 0.1) is 0 Å². The SMILES string of the molecule is CC1CCC(c2ccc(Cl)c(C(F)(F)F)c2)=NN1. The van der Waals surface area contributed by atoms with Crippen LogP contribution in [-0.4, -0.2) is 11.8 Å². The molecule has 0 aliphatic carbocycles. The Balaban J connectivity index is 2.36. The van der Waals surface area contributed by atoms with Crippen LogP contribution >= 0.6 is 11.6 Å². The Morgan fingerprint density at radius 2 is 2.11 bits per heavy atom. The van der Waals surface area contributed by atoms with Gasteiger partial charge in [0.05, 0.1) is 16.3 Å². The molecule has 1 aromatic carbocycles. The largest absolute Gasteiger partial charge is 0.417 e. The van der Waals surface area contributed by atoms with Crippen molar-refractivity contribution in [3.63, 3.8) is 0 Å². The van der Waals surface area contributed by atoms with Crippen molar-refractivity contribution < 1.29 is 13.2 Å². The van der Waals surface area contributed by atoms with E-state index in [1.807, 2.05) is 6.92 Å². The molecule has 1 aliphatic rings. The molecule has 2 rings (SSSR count). The molecular weight excluding hydrogens is 265 g/mol. The van der Waals surface area contributed by atoms with Crippen molar-refractivity contribution in [3.05, 3.63) is 34.3 Å². The molecule has 6 heteroatoms. The first-order valence-electron chi connectivity index (χ1n) is 5.57. The first-order chi connectivity index (χ1) is 8.38. The van der Waals surface area contributed by atoms with Crippen LogP contribution < -0.4 is 5.43 Å². The molecule has 98 valence electrons. The fourth-order valence-electron chi connectivity index (χ4n) is 1.79. The molecule has 0 bridgehead atoms. The molecule has 1 N–H and O–H groups in total. The predicted octanol–water partition coefficient (Wildman–Crippen LogP) is 3.83. The molecule has 0 spiro atoms. The molecule has 0 fully saturated rings. The summed E-state index contributed by atoms with van der Waals surface area (Å²) in [7, 11) is 0. The molecule has 1 aliphatic heterocycles. The monoisotopic (exact) mass is 276 g/mol. The van der Waals surface area contributed by atoms with E-state index in [-0.39, 0.29) is 11.1 Å². The molecule has 0 amide bonds. The van der Waals surface area contributed by atoms with Crippen molar-refractivity contribution >= 4 is 17.3 Å². The lowest BCUT2D eigenvalue weighted by atomic mass is 10.00.